The van der Waals surface area contributed by atoms with Crippen LogP contribution in [0.5, 0.6) is 0 Å². The lowest BCUT2D eigenvalue weighted by Gasteiger charge is -2.02. The van der Waals surface area contributed by atoms with Crippen molar-refractivity contribution in [2.45, 2.75) is 26.2 Å². The fourth-order valence-corrected chi connectivity index (χ4v) is 1.47. The van der Waals surface area contributed by atoms with Crippen LogP contribution in [-0.4, -0.2) is 13.1 Å². The maximum absolute atomic E-state index is 10.8. The van der Waals surface area contributed by atoms with E-state index in [0.717, 1.165) is 6.42 Å². The van der Waals surface area contributed by atoms with Crippen molar-refractivity contribution in [3.05, 3.63) is 11.6 Å². The van der Waals surface area contributed by atoms with Crippen LogP contribution < -0.4 is 0 Å². The van der Waals surface area contributed by atoms with Crippen LogP contribution >= 0.6 is 0 Å². The highest BCUT2D eigenvalue weighted by molar-refractivity contribution is 5.82. The van der Waals surface area contributed by atoms with Gasteiger partial charge in [-0.05, 0) is 25.2 Å². The molecule has 0 aliphatic heterocycles. The Morgan fingerprint density at radius 3 is 2.91 bits per heavy atom. The maximum Gasteiger partial charge on any atom is 0.330 e. The van der Waals surface area contributed by atoms with E-state index in [1.54, 1.807) is 6.08 Å². The second-order valence-corrected chi connectivity index (χ2v) is 3.04. The maximum atomic E-state index is 10.8. The predicted octanol–water partition coefficient (Wildman–Crippen LogP) is 1.91. The molecular formula is C9H14O2. The molecule has 1 unspecified atom stereocenters. The van der Waals surface area contributed by atoms with Gasteiger partial charge in [-0.15, -0.1) is 0 Å². The van der Waals surface area contributed by atoms with Crippen molar-refractivity contribution in [3.63, 3.8) is 0 Å². The lowest BCUT2D eigenvalue weighted by molar-refractivity contribution is -0.134. The monoisotopic (exact) mass is 154 g/mol. The van der Waals surface area contributed by atoms with E-state index in [9.17, 15) is 4.79 Å². The number of hydrogen-bond donors (Lipinski definition) is 0. The summed E-state index contributed by atoms with van der Waals surface area (Å²) in [6.07, 6.45) is 5.13. The van der Waals surface area contributed by atoms with Gasteiger partial charge in [0.1, 0.15) is 0 Å². The van der Waals surface area contributed by atoms with E-state index in [-0.39, 0.29) is 5.97 Å². The van der Waals surface area contributed by atoms with E-state index in [1.165, 1.54) is 25.5 Å². The number of ether oxygens (including phenoxy) is 1. The normalized spacial score (nSPS) is 27.5. The molecule has 1 atom stereocenters. The Balaban J connectivity index is 2.57. The molecule has 1 aliphatic carbocycles. The van der Waals surface area contributed by atoms with E-state index < -0.39 is 0 Å². The molecule has 2 heteroatoms. The summed E-state index contributed by atoms with van der Waals surface area (Å²) in [6, 6.07) is 0. The van der Waals surface area contributed by atoms with Crippen LogP contribution in [0.25, 0.3) is 0 Å². The Hall–Kier alpha value is -0.790. The molecule has 0 aromatic rings. The first-order valence-electron chi connectivity index (χ1n) is 4.02. The zero-order valence-corrected chi connectivity index (χ0v) is 7.09. The number of allylic oxidation sites excluding steroid dienone is 1. The van der Waals surface area contributed by atoms with Gasteiger partial charge in [0.2, 0.25) is 0 Å². The second-order valence-electron chi connectivity index (χ2n) is 3.04. The molecule has 62 valence electrons. The molecule has 1 saturated carbocycles. The Bertz CT molecular complexity index is 182. The molecule has 0 amide bonds. The van der Waals surface area contributed by atoms with Crippen LogP contribution in [0, 0.1) is 5.92 Å². The third-order valence-electron chi connectivity index (χ3n) is 2.24. The van der Waals surface area contributed by atoms with Crippen molar-refractivity contribution in [2.75, 3.05) is 7.11 Å². The Kier molecular flexibility index (Phi) is 2.69. The number of hydrogen-bond acceptors (Lipinski definition) is 2. The fraction of sp³-hybridized carbons (Fsp3) is 0.667. The molecule has 0 N–H and O–H groups in total. The van der Waals surface area contributed by atoms with Crippen LogP contribution in [0.1, 0.15) is 26.2 Å². The first kappa shape index (κ1) is 8.31. The third-order valence-corrected chi connectivity index (χ3v) is 2.24. The third kappa shape index (κ3) is 2.07. The van der Waals surface area contributed by atoms with Crippen molar-refractivity contribution in [2.24, 2.45) is 5.92 Å². The summed E-state index contributed by atoms with van der Waals surface area (Å²) < 4.78 is 4.55. The number of rotatable bonds is 1. The lowest BCUT2D eigenvalue weighted by atomic mass is 10.1. The van der Waals surface area contributed by atoms with Gasteiger partial charge in [0.25, 0.3) is 0 Å². The van der Waals surface area contributed by atoms with Crippen LogP contribution in [0.2, 0.25) is 0 Å². The molecule has 1 rings (SSSR count). The molecule has 0 aromatic heterocycles. The van der Waals surface area contributed by atoms with Gasteiger partial charge in [-0.1, -0.05) is 12.5 Å². The first-order valence-corrected chi connectivity index (χ1v) is 4.02. The average molecular weight is 154 g/mol. The summed E-state index contributed by atoms with van der Waals surface area (Å²) in [6.45, 7) is 2.15. The van der Waals surface area contributed by atoms with Crippen LogP contribution in [-0.2, 0) is 9.53 Å². The molecule has 11 heavy (non-hydrogen) atoms. The van der Waals surface area contributed by atoms with Crippen molar-refractivity contribution in [1.82, 2.24) is 0 Å². The van der Waals surface area contributed by atoms with Crippen molar-refractivity contribution in [1.29, 1.82) is 0 Å². The summed E-state index contributed by atoms with van der Waals surface area (Å²) >= 11 is 0. The molecule has 0 aromatic carbocycles. The summed E-state index contributed by atoms with van der Waals surface area (Å²) in [5.74, 6) is 0.364. The summed E-state index contributed by atoms with van der Waals surface area (Å²) in [7, 11) is 1.42. The number of methoxy groups -OCH3 is 1. The summed E-state index contributed by atoms with van der Waals surface area (Å²) in [4.78, 5) is 10.8. The average Bonchev–Trinajstić information content (AvgIpc) is 2.37. The lowest BCUT2D eigenvalue weighted by Crippen LogP contribution is -1.98. The molecule has 0 radical (unpaired) electrons. The number of carbonyl (C=O) groups excluding carboxylic acids is 1. The highest BCUT2D eigenvalue weighted by Crippen LogP contribution is 2.29. The SMILES string of the molecule is COC(=O)/C=C1/CCCC1C. The van der Waals surface area contributed by atoms with E-state index >= 15 is 0 Å². The molecule has 0 spiro atoms. The molecule has 1 fully saturated rings. The molecule has 0 saturated heterocycles. The smallest absolute Gasteiger partial charge is 0.330 e. The van der Waals surface area contributed by atoms with Crippen LogP contribution in [0.3, 0.4) is 0 Å². The Morgan fingerprint density at radius 2 is 2.45 bits per heavy atom. The summed E-state index contributed by atoms with van der Waals surface area (Å²) in [5.41, 5.74) is 1.25. The Morgan fingerprint density at radius 1 is 1.73 bits per heavy atom. The minimum Gasteiger partial charge on any atom is -0.466 e. The quantitative estimate of drug-likeness (QED) is 0.426. The van der Waals surface area contributed by atoms with E-state index in [1.807, 2.05) is 0 Å². The van der Waals surface area contributed by atoms with Gasteiger partial charge in [0.15, 0.2) is 0 Å². The molecule has 1 aliphatic rings. The van der Waals surface area contributed by atoms with Gasteiger partial charge in [-0.25, -0.2) is 4.79 Å². The number of carbonyl (C=O) groups is 1. The molecule has 0 bridgehead atoms. The van der Waals surface area contributed by atoms with Crippen molar-refractivity contribution >= 4 is 5.97 Å². The predicted molar refractivity (Wildman–Crippen MR) is 43.1 cm³/mol. The minimum absolute atomic E-state index is 0.214. The Labute approximate surface area is 67.2 Å². The highest BCUT2D eigenvalue weighted by atomic mass is 16.5. The summed E-state index contributed by atoms with van der Waals surface area (Å²) in [5, 5.41) is 0. The van der Waals surface area contributed by atoms with Gasteiger partial charge >= 0.3 is 5.97 Å². The molecule has 0 heterocycles. The zero-order chi connectivity index (χ0) is 8.27. The van der Waals surface area contributed by atoms with Gasteiger partial charge in [0, 0.05) is 6.08 Å². The van der Waals surface area contributed by atoms with Gasteiger partial charge in [-0.2, -0.15) is 0 Å². The fourth-order valence-electron chi connectivity index (χ4n) is 1.47. The van der Waals surface area contributed by atoms with Crippen molar-refractivity contribution < 1.29 is 9.53 Å². The largest absolute Gasteiger partial charge is 0.466 e. The highest BCUT2D eigenvalue weighted by Gasteiger charge is 2.16. The van der Waals surface area contributed by atoms with E-state index in [4.69, 9.17) is 0 Å². The van der Waals surface area contributed by atoms with Gasteiger partial charge < -0.3 is 4.74 Å². The first-order chi connectivity index (χ1) is 5.24. The van der Waals surface area contributed by atoms with Gasteiger partial charge in [-0.3, -0.25) is 0 Å². The standard InChI is InChI=1S/C9H14O2/c1-7-4-3-5-8(7)6-9(10)11-2/h6-7H,3-5H2,1-2H3/b8-6-. The zero-order valence-electron chi connectivity index (χ0n) is 7.09. The minimum atomic E-state index is -0.214. The van der Waals surface area contributed by atoms with E-state index in [0.29, 0.717) is 5.92 Å². The van der Waals surface area contributed by atoms with E-state index in [2.05, 4.69) is 11.7 Å². The van der Waals surface area contributed by atoms with Gasteiger partial charge in [0.05, 0.1) is 7.11 Å². The molecular weight excluding hydrogens is 140 g/mol. The number of esters is 1. The molecule has 2 nitrogen and oxygen atoms in total. The second kappa shape index (κ2) is 3.56. The van der Waals surface area contributed by atoms with Crippen LogP contribution in [0.4, 0.5) is 0 Å². The van der Waals surface area contributed by atoms with Crippen LogP contribution in [0.15, 0.2) is 11.6 Å². The van der Waals surface area contributed by atoms with Crippen molar-refractivity contribution in [3.8, 4) is 0 Å². The topological polar surface area (TPSA) is 26.3 Å².